The van der Waals surface area contributed by atoms with Crippen LogP contribution in [0.25, 0.3) is 0 Å². The number of anilines is 1. The molecule has 15 heavy (non-hydrogen) atoms. The molecule has 0 saturated carbocycles. The van der Waals surface area contributed by atoms with E-state index < -0.39 is 4.92 Å². The Bertz CT molecular complexity index is 325. The van der Waals surface area contributed by atoms with Gasteiger partial charge in [0.15, 0.2) is 0 Å². The van der Waals surface area contributed by atoms with Gasteiger partial charge in [0.2, 0.25) is 5.95 Å². The second-order valence-electron chi connectivity index (χ2n) is 3.36. The van der Waals surface area contributed by atoms with E-state index in [1.165, 1.54) is 12.4 Å². The van der Waals surface area contributed by atoms with E-state index in [0.717, 1.165) is 12.8 Å². The standard InChI is InChI=1S/C9H14N4O2/c1-3-4-7(2)12-9-10-5-8(6-11-9)13(14)15/h5-7H,3-4H2,1-2H3,(H,10,11,12). The van der Waals surface area contributed by atoms with Crippen LogP contribution in [0.5, 0.6) is 0 Å². The fraction of sp³-hybridized carbons (Fsp3) is 0.556. The molecule has 0 aliphatic carbocycles. The van der Waals surface area contributed by atoms with E-state index in [1.54, 1.807) is 0 Å². The Morgan fingerprint density at radius 2 is 2.13 bits per heavy atom. The van der Waals surface area contributed by atoms with Crippen LogP contribution in [0.2, 0.25) is 0 Å². The van der Waals surface area contributed by atoms with E-state index in [4.69, 9.17) is 0 Å². The van der Waals surface area contributed by atoms with E-state index in [1.807, 2.05) is 6.92 Å². The highest BCUT2D eigenvalue weighted by Gasteiger charge is 2.07. The number of hydrogen-bond acceptors (Lipinski definition) is 5. The Balaban J connectivity index is 2.60. The highest BCUT2D eigenvalue weighted by Crippen LogP contribution is 2.09. The first-order valence-electron chi connectivity index (χ1n) is 4.86. The molecule has 1 aromatic rings. The van der Waals surface area contributed by atoms with E-state index in [2.05, 4.69) is 22.2 Å². The molecule has 0 bridgehead atoms. The SMILES string of the molecule is CCCC(C)Nc1ncc([N+](=O)[O-])cn1. The average molecular weight is 210 g/mol. The van der Waals surface area contributed by atoms with Gasteiger partial charge in [0, 0.05) is 6.04 Å². The lowest BCUT2D eigenvalue weighted by atomic mass is 10.2. The van der Waals surface area contributed by atoms with E-state index >= 15 is 0 Å². The summed E-state index contributed by atoms with van der Waals surface area (Å²) in [5.74, 6) is 0.432. The zero-order valence-electron chi connectivity index (χ0n) is 8.80. The van der Waals surface area contributed by atoms with Crippen molar-refractivity contribution < 1.29 is 4.92 Å². The molecule has 0 aromatic carbocycles. The van der Waals surface area contributed by atoms with Crippen molar-refractivity contribution in [2.75, 3.05) is 5.32 Å². The van der Waals surface area contributed by atoms with Crippen molar-refractivity contribution in [2.45, 2.75) is 32.7 Å². The molecule has 1 atom stereocenters. The largest absolute Gasteiger partial charge is 0.352 e. The third-order valence-corrected chi connectivity index (χ3v) is 1.95. The molecule has 1 N–H and O–H groups in total. The van der Waals surface area contributed by atoms with Crippen LogP contribution < -0.4 is 5.32 Å². The van der Waals surface area contributed by atoms with Crippen LogP contribution in [-0.2, 0) is 0 Å². The third kappa shape index (κ3) is 3.49. The fourth-order valence-corrected chi connectivity index (χ4v) is 1.22. The molecule has 0 spiro atoms. The molecule has 0 radical (unpaired) electrons. The molecule has 0 aliphatic heterocycles. The van der Waals surface area contributed by atoms with Gasteiger partial charge in [-0.1, -0.05) is 13.3 Å². The minimum absolute atomic E-state index is 0.0938. The van der Waals surface area contributed by atoms with Crippen LogP contribution in [0.1, 0.15) is 26.7 Å². The van der Waals surface area contributed by atoms with Gasteiger partial charge in [-0.3, -0.25) is 10.1 Å². The maximum atomic E-state index is 10.3. The van der Waals surface area contributed by atoms with Crippen LogP contribution in [0.4, 0.5) is 11.6 Å². The number of nitrogens with zero attached hydrogens (tertiary/aromatic N) is 3. The molecule has 1 heterocycles. The van der Waals surface area contributed by atoms with Crippen molar-refractivity contribution in [1.29, 1.82) is 0 Å². The smallest absolute Gasteiger partial charge is 0.305 e. The van der Waals surface area contributed by atoms with Gasteiger partial charge in [-0.2, -0.15) is 0 Å². The summed E-state index contributed by atoms with van der Waals surface area (Å²) in [7, 11) is 0. The second-order valence-corrected chi connectivity index (χ2v) is 3.36. The Hall–Kier alpha value is -1.72. The van der Waals surface area contributed by atoms with Gasteiger partial charge in [-0.05, 0) is 13.3 Å². The molecular formula is C9H14N4O2. The van der Waals surface area contributed by atoms with E-state index in [9.17, 15) is 10.1 Å². The van der Waals surface area contributed by atoms with Crippen molar-refractivity contribution in [3.8, 4) is 0 Å². The zero-order valence-corrected chi connectivity index (χ0v) is 8.80. The molecule has 6 heteroatoms. The molecule has 6 nitrogen and oxygen atoms in total. The summed E-state index contributed by atoms with van der Waals surface area (Å²) in [6.07, 6.45) is 4.49. The predicted molar refractivity (Wildman–Crippen MR) is 56.7 cm³/mol. The van der Waals surface area contributed by atoms with Crippen LogP contribution in [0, 0.1) is 10.1 Å². The summed E-state index contributed by atoms with van der Waals surface area (Å²) in [4.78, 5) is 17.5. The van der Waals surface area contributed by atoms with Gasteiger partial charge >= 0.3 is 5.69 Å². The van der Waals surface area contributed by atoms with Crippen LogP contribution >= 0.6 is 0 Å². The van der Waals surface area contributed by atoms with E-state index in [-0.39, 0.29) is 11.7 Å². The first-order chi connectivity index (χ1) is 7.13. The molecular weight excluding hydrogens is 196 g/mol. The Labute approximate surface area is 87.9 Å². The topological polar surface area (TPSA) is 81.0 Å². The Morgan fingerprint density at radius 3 is 2.60 bits per heavy atom. The van der Waals surface area contributed by atoms with Gasteiger partial charge in [-0.15, -0.1) is 0 Å². The van der Waals surface area contributed by atoms with E-state index in [0.29, 0.717) is 5.95 Å². The van der Waals surface area contributed by atoms with Crippen LogP contribution in [0.15, 0.2) is 12.4 Å². The first-order valence-corrected chi connectivity index (χ1v) is 4.86. The monoisotopic (exact) mass is 210 g/mol. The summed E-state index contributed by atoms with van der Waals surface area (Å²) < 4.78 is 0. The molecule has 1 aromatic heterocycles. The van der Waals surface area contributed by atoms with Crippen molar-refractivity contribution in [2.24, 2.45) is 0 Å². The summed E-state index contributed by atoms with van der Waals surface area (Å²) in [6.45, 7) is 4.11. The lowest BCUT2D eigenvalue weighted by Gasteiger charge is -2.11. The number of aromatic nitrogens is 2. The summed E-state index contributed by atoms with van der Waals surface area (Å²) in [5, 5.41) is 13.4. The summed E-state index contributed by atoms with van der Waals surface area (Å²) in [5.41, 5.74) is -0.0938. The maximum Gasteiger partial charge on any atom is 0.305 e. The lowest BCUT2D eigenvalue weighted by molar-refractivity contribution is -0.385. The Morgan fingerprint density at radius 1 is 1.53 bits per heavy atom. The van der Waals surface area contributed by atoms with Gasteiger partial charge in [0.1, 0.15) is 12.4 Å². The van der Waals surface area contributed by atoms with Crippen LogP contribution in [-0.4, -0.2) is 20.9 Å². The van der Waals surface area contributed by atoms with Gasteiger partial charge in [0.25, 0.3) is 0 Å². The molecule has 0 amide bonds. The van der Waals surface area contributed by atoms with Gasteiger partial charge in [0.05, 0.1) is 4.92 Å². The molecule has 0 fully saturated rings. The Kier molecular flexibility index (Phi) is 3.96. The van der Waals surface area contributed by atoms with Crippen molar-refractivity contribution in [1.82, 2.24) is 9.97 Å². The van der Waals surface area contributed by atoms with Gasteiger partial charge < -0.3 is 5.32 Å². The fourth-order valence-electron chi connectivity index (χ4n) is 1.22. The first kappa shape index (κ1) is 11.4. The third-order valence-electron chi connectivity index (χ3n) is 1.95. The molecule has 1 unspecified atom stereocenters. The highest BCUT2D eigenvalue weighted by molar-refractivity contribution is 5.31. The normalized spacial score (nSPS) is 12.1. The maximum absolute atomic E-state index is 10.3. The summed E-state index contributed by atoms with van der Waals surface area (Å²) >= 11 is 0. The average Bonchev–Trinajstić information content (AvgIpc) is 2.18. The summed E-state index contributed by atoms with van der Waals surface area (Å²) in [6, 6.07) is 0.274. The number of rotatable bonds is 5. The quantitative estimate of drug-likeness (QED) is 0.593. The lowest BCUT2D eigenvalue weighted by Crippen LogP contribution is -2.16. The van der Waals surface area contributed by atoms with Crippen LogP contribution in [0.3, 0.4) is 0 Å². The van der Waals surface area contributed by atoms with Crippen molar-refractivity contribution >= 4 is 11.6 Å². The predicted octanol–water partition coefficient (Wildman–Crippen LogP) is 1.99. The zero-order chi connectivity index (χ0) is 11.3. The molecule has 82 valence electrons. The number of hydrogen-bond donors (Lipinski definition) is 1. The highest BCUT2D eigenvalue weighted by atomic mass is 16.6. The van der Waals surface area contributed by atoms with Gasteiger partial charge in [-0.25, -0.2) is 9.97 Å². The number of nitro groups is 1. The molecule has 1 rings (SSSR count). The minimum Gasteiger partial charge on any atom is -0.352 e. The number of nitrogens with one attached hydrogen (secondary N) is 1. The molecule has 0 saturated heterocycles. The minimum atomic E-state index is -0.515. The van der Waals surface area contributed by atoms with Crippen molar-refractivity contribution in [3.05, 3.63) is 22.5 Å². The van der Waals surface area contributed by atoms with Crippen molar-refractivity contribution in [3.63, 3.8) is 0 Å². The second kappa shape index (κ2) is 5.23. The molecule has 0 aliphatic rings.